The lowest BCUT2D eigenvalue weighted by molar-refractivity contribution is 0.0845. The van der Waals surface area contributed by atoms with Crippen molar-refractivity contribution in [3.05, 3.63) is 29.3 Å². The van der Waals surface area contributed by atoms with Crippen molar-refractivity contribution in [2.24, 2.45) is 5.73 Å². The number of rotatable bonds is 7. The molecule has 1 aromatic carbocycles. The maximum Gasteiger partial charge on any atom is 0.149 e. The lowest BCUT2D eigenvalue weighted by Crippen LogP contribution is -2.26. The van der Waals surface area contributed by atoms with E-state index in [4.69, 9.17) is 10.5 Å². The summed E-state index contributed by atoms with van der Waals surface area (Å²) in [6.07, 6.45) is 0.556. The van der Waals surface area contributed by atoms with Crippen molar-refractivity contribution in [1.29, 1.82) is 0 Å². The number of ether oxygens (including phenoxy) is 1. The molecule has 5 heteroatoms. The molecular weight excluding hydrogens is 262 g/mol. The fourth-order valence-electron chi connectivity index (χ4n) is 2.01. The fourth-order valence-corrected chi connectivity index (χ4v) is 2.01. The first-order chi connectivity index (χ1) is 9.31. The predicted molar refractivity (Wildman–Crippen MR) is 78.1 cm³/mol. The van der Waals surface area contributed by atoms with Crippen LogP contribution in [0, 0.1) is 11.6 Å². The Labute approximate surface area is 119 Å². The van der Waals surface area contributed by atoms with E-state index in [1.54, 1.807) is 14.0 Å². The van der Waals surface area contributed by atoms with E-state index >= 15 is 0 Å². The van der Waals surface area contributed by atoms with Gasteiger partial charge < -0.3 is 15.4 Å². The van der Waals surface area contributed by atoms with Crippen molar-refractivity contribution >= 4 is 5.69 Å². The minimum absolute atomic E-state index is 0.0224. The van der Waals surface area contributed by atoms with Gasteiger partial charge in [-0.05, 0) is 44.9 Å². The van der Waals surface area contributed by atoms with Crippen LogP contribution in [-0.2, 0) is 11.2 Å². The Bertz CT molecular complexity index is 413. The van der Waals surface area contributed by atoms with E-state index in [-0.39, 0.29) is 17.8 Å². The summed E-state index contributed by atoms with van der Waals surface area (Å²) in [6, 6.07) is 2.57. The second kappa shape index (κ2) is 7.55. The van der Waals surface area contributed by atoms with Gasteiger partial charge in [-0.3, -0.25) is 0 Å². The first-order valence-electron chi connectivity index (χ1n) is 6.87. The number of anilines is 1. The highest BCUT2D eigenvalue weighted by Gasteiger charge is 2.15. The SMILES string of the molecule is CC(N)Cc1cc(F)c(N(C)CCOC(C)C)c(F)c1. The van der Waals surface area contributed by atoms with E-state index in [1.807, 2.05) is 13.8 Å². The van der Waals surface area contributed by atoms with Gasteiger partial charge in [-0.25, -0.2) is 8.78 Å². The summed E-state index contributed by atoms with van der Waals surface area (Å²) in [7, 11) is 1.65. The molecule has 114 valence electrons. The third-order valence-electron chi connectivity index (χ3n) is 2.89. The Morgan fingerprint density at radius 3 is 2.20 bits per heavy atom. The first kappa shape index (κ1) is 16.9. The molecule has 0 saturated heterocycles. The second-order valence-electron chi connectivity index (χ2n) is 5.43. The summed E-state index contributed by atoms with van der Waals surface area (Å²) in [5.41, 5.74) is 6.20. The van der Waals surface area contributed by atoms with Gasteiger partial charge in [0.25, 0.3) is 0 Å². The van der Waals surface area contributed by atoms with Gasteiger partial charge in [0.1, 0.15) is 17.3 Å². The summed E-state index contributed by atoms with van der Waals surface area (Å²) in [6.45, 7) is 6.50. The van der Waals surface area contributed by atoms with Crippen LogP contribution in [0.25, 0.3) is 0 Å². The van der Waals surface area contributed by atoms with Crippen LogP contribution in [-0.4, -0.2) is 32.3 Å². The summed E-state index contributed by atoms with van der Waals surface area (Å²) in [5.74, 6) is -1.12. The summed E-state index contributed by atoms with van der Waals surface area (Å²) in [5, 5.41) is 0. The van der Waals surface area contributed by atoms with Crippen LogP contribution in [0.1, 0.15) is 26.3 Å². The average Bonchev–Trinajstić information content (AvgIpc) is 2.26. The lowest BCUT2D eigenvalue weighted by Gasteiger charge is -2.22. The Morgan fingerprint density at radius 1 is 1.20 bits per heavy atom. The van der Waals surface area contributed by atoms with Gasteiger partial charge in [0, 0.05) is 19.6 Å². The van der Waals surface area contributed by atoms with Crippen LogP contribution in [0.2, 0.25) is 0 Å². The molecule has 0 aliphatic rings. The maximum atomic E-state index is 14.0. The number of hydrogen-bond acceptors (Lipinski definition) is 3. The van der Waals surface area contributed by atoms with E-state index in [0.717, 1.165) is 0 Å². The Kier molecular flexibility index (Phi) is 6.36. The molecule has 1 unspecified atom stereocenters. The highest BCUT2D eigenvalue weighted by molar-refractivity contribution is 5.50. The van der Waals surface area contributed by atoms with Crippen molar-refractivity contribution in [3.63, 3.8) is 0 Å². The maximum absolute atomic E-state index is 14.0. The third-order valence-corrected chi connectivity index (χ3v) is 2.89. The molecule has 0 spiro atoms. The zero-order valence-electron chi connectivity index (χ0n) is 12.6. The molecule has 2 N–H and O–H groups in total. The highest BCUT2D eigenvalue weighted by Crippen LogP contribution is 2.24. The molecule has 0 radical (unpaired) electrons. The normalized spacial score (nSPS) is 12.8. The molecule has 1 atom stereocenters. The van der Waals surface area contributed by atoms with E-state index in [9.17, 15) is 8.78 Å². The van der Waals surface area contributed by atoms with Gasteiger partial charge in [0.05, 0.1) is 12.7 Å². The van der Waals surface area contributed by atoms with E-state index in [0.29, 0.717) is 25.1 Å². The van der Waals surface area contributed by atoms with Crippen molar-refractivity contribution in [3.8, 4) is 0 Å². The largest absolute Gasteiger partial charge is 0.377 e. The molecule has 0 amide bonds. The molecule has 0 aliphatic heterocycles. The van der Waals surface area contributed by atoms with Gasteiger partial charge in [0.15, 0.2) is 0 Å². The molecule has 0 fully saturated rings. The first-order valence-corrected chi connectivity index (χ1v) is 6.87. The molecule has 1 rings (SSSR count). The van der Waals surface area contributed by atoms with Crippen molar-refractivity contribution in [1.82, 2.24) is 0 Å². The van der Waals surface area contributed by atoms with Crippen LogP contribution < -0.4 is 10.6 Å². The summed E-state index contributed by atoms with van der Waals surface area (Å²) < 4.78 is 33.5. The second-order valence-corrected chi connectivity index (χ2v) is 5.43. The Hall–Kier alpha value is -1.20. The van der Waals surface area contributed by atoms with E-state index in [1.165, 1.54) is 17.0 Å². The topological polar surface area (TPSA) is 38.5 Å². The monoisotopic (exact) mass is 286 g/mol. The minimum Gasteiger partial charge on any atom is -0.377 e. The molecule has 0 aromatic heterocycles. The van der Waals surface area contributed by atoms with Crippen molar-refractivity contribution < 1.29 is 13.5 Å². The molecule has 0 heterocycles. The van der Waals surface area contributed by atoms with Crippen molar-refractivity contribution in [2.75, 3.05) is 25.1 Å². The van der Waals surface area contributed by atoms with Crippen LogP contribution in [0.3, 0.4) is 0 Å². The summed E-state index contributed by atoms with van der Waals surface area (Å²) >= 11 is 0. The molecule has 0 aliphatic carbocycles. The third kappa shape index (κ3) is 5.06. The van der Waals surface area contributed by atoms with Gasteiger partial charge in [0.2, 0.25) is 0 Å². The number of hydrogen-bond donors (Lipinski definition) is 1. The van der Waals surface area contributed by atoms with Gasteiger partial charge in [-0.2, -0.15) is 0 Å². The van der Waals surface area contributed by atoms with Crippen LogP contribution in [0.5, 0.6) is 0 Å². The Balaban J connectivity index is 2.79. The molecule has 0 bridgehead atoms. The summed E-state index contributed by atoms with van der Waals surface area (Å²) in [4.78, 5) is 1.53. The standard InChI is InChI=1S/C15H24F2N2O/c1-10(2)20-6-5-19(4)15-13(16)8-12(7-11(3)18)9-14(15)17/h8-11H,5-7,18H2,1-4H3. The minimum atomic E-state index is -0.562. The number of halogens is 2. The van der Waals surface area contributed by atoms with Crippen LogP contribution in [0.4, 0.5) is 14.5 Å². The van der Waals surface area contributed by atoms with E-state index < -0.39 is 11.6 Å². The number of nitrogens with zero attached hydrogens (tertiary/aromatic N) is 1. The predicted octanol–water partition coefficient (Wildman–Crippen LogP) is 2.72. The average molecular weight is 286 g/mol. The fraction of sp³-hybridized carbons (Fsp3) is 0.600. The number of nitrogens with two attached hydrogens (primary N) is 1. The smallest absolute Gasteiger partial charge is 0.149 e. The number of likely N-dealkylation sites (N-methyl/N-ethyl adjacent to an activating group) is 1. The van der Waals surface area contributed by atoms with Gasteiger partial charge >= 0.3 is 0 Å². The molecular formula is C15H24F2N2O. The zero-order valence-corrected chi connectivity index (χ0v) is 12.6. The van der Waals surface area contributed by atoms with Gasteiger partial charge in [-0.1, -0.05) is 0 Å². The molecule has 20 heavy (non-hydrogen) atoms. The van der Waals surface area contributed by atoms with E-state index in [2.05, 4.69) is 0 Å². The zero-order chi connectivity index (χ0) is 15.3. The van der Waals surface area contributed by atoms with Crippen LogP contribution >= 0.6 is 0 Å². The van der Waals surface area contributed by atoms with Gasteiger partial charge in [-0.15, -0.1) is 0 Å². The molecule has 0 saturated carbocycles. The lowest BCUT2D eigenvalue weighted by atomic mass is 10.1. The van der Waals surface area contributed by atoms with Crippen molar-refractivity contribution in [2.45, 2.75) is 39.3 Å². The molecule has 3 nitrogen and oxygen atoms in total. The van der Waals surface area contributed by atoms with Crippen LogP contribution in [0.15, 0.2) is 12.1 Å². The Morgan fingerprint density at radius 2 is 1.75 bits per heavy atom. The quantitative estimate of drug-likeness (QED) is 0.837. The highest BCUT2D eigenvalue weighted by atomic mass is 19.1. The molecule has 1 aromatic rings. The number of benzene rings is 1.